The summed E-state index contributed by atoms with van der Waals surface area (Å²) in [5, 5.41) is 2.90. The van der Waals surface area contributed by atoms with E-state index in [1.54, 1.807) is 25.3 Å². The second-order valence-electron chi connectivity index (χ2n) is 7.91. The molecule has 0 atom stereocenters. The van der Waals surface area contributed by atoms with E-state index < -0.39 is 10.0 Å². The van der Waals surface area contributed by atoms with Crippen molar-refractivity contribution in [1.82, 2.24) is 4.31 Å². The second kappa shape index (κ2) is 9.62. The van der Waals surface area contributed by atoms with Crippen molar-refractivity contribution in [2.24, 2.45) is 0 Å². The number of hydrogen-bond donors (Lipinski definition) is 1. The number of nitrogens with one attached hydrogen (secondary N) is 1. The van der Waals surface area contributed by atoms with E-state index in [0.29, 0.717) is 36.7 Å². The summed E-state index contributed by atoms with van der Waals surface area (Å²) in [5.74, 6) is 0.901. The van der Waals surface area contributed by atoms with Gasteiger partial charge in [-0.3, -0.25) is 4.79 Å². The molecule has 1 saturated heterocycles. The van der Waals surface area contributed by atoms with Crippen molar-refractivity contribution in [3.63, 3.8) is 0 Å². The topological polar surface area (TPSA) is 75.7 Å². The molecular formula is C23H30N2O4S. The van der Waals surface area contributed by atoms with Crippen molar-refractivity contribution < 1.29 is 17.9 Å². The van der Waals surface area contributed by atoms with E-state index in [4.69, 9.17) is 4.74 Å². The number of nitrogens with zero attached hydrogens (tertiary/aromatic N) is 1. The van der Waals surface area contributed by atoms with Crippen molar-refractivity contribution in [2.45, 2.75) is 50.3 Å². The van der Waals surface area contributed by atoms with Gasteiger partial charge in [-0.05, 0) is 66.6 Å². The van der Waals surface area contributed by atoms with Crippen LogP contribution in [0.25, 0.3) is 0 Å². The van der Waals surface area contributed by atoms with Gasteiger partial charge in [-0.2, -0.15) is 4.31 Å². The third-order valence-electron chi connectivity index (χ3n) is 5.44. The molecule has 3 rings (SSSR count). The third kappa shape index (κ3) is 5.21. The SMILES string of the molecule is COc1ccc(S(=O)(=O)N2CCCC2)cc1CCC(=O)Nc1ccc(C(C)C)cc1. The predicted molar refractivity (Wildman–Crippen MR) is 118 cm³/mol. The summed E-state index contributed by atoms with van der Waals surface area (Å²) in [6.45, 7) is 5.36. The van der Waals surface area contributed by atoms with Crippen molar-refractivity contribution in [3.05, 3.63) is 53.6 Å². The highest BCUT2D eigenvalue weighted by atomic mass is 32.2. The number of anilines is 1. The molecule has 0 aromatic heterocycles. The first kappa shape index (κ1) is 22.3. The third-order valence-corrected chi connectivity index (χ3v) is 7.33. The zero-order valence-corrected chi connectivity index (χ0v) is 18.7. The van der Waals surface area contributed by atoms with Crippen LogP contribution in [-0.4, -0.2) is 38.8 Å². The Morgan fingerprint density at radius 1 is 1.10 bits per heavy atom. The number of benzene rings is 2. The minimum absolute atomic E-state index is 0.123. The lowest BCUT2D eigenvalue weighted by Gasteiger charge is -2.17. The van der Waals surface area contributed by atoms with Gasteiger partial charge in [0.15, 0.2) is 0 Å². The quantitative estimate of drug-likeness (QED) is 0.682. The smallest absolute Gasteiger partial charge is 0.243 e. The van der Waals surface area contributed by atoms with E-state index >= 15 is 0 Å². The lowest BCUT2D eigenvalue weighted by molar-refractivity contribution is -0.116. The van der Waals surface area contributed by atoms with Crippen molar-refractivity contribution in [1.29, 1.82) is 0 Å². The Morgan fingerprint density at radius 3 is 2.37 bits per heavy atom. The molecule has 2 aromatic carbocycles. The molecule has 0 radical (unpaired) electrons. The number of carbonyl (C=O) groups is 1. The van der Waals surface area contributed by atoms with Crippen molar-refractivity contribution in [2.75, 3.05) is 25.5 Å². The molecule has 1 fully saturated rings. The monoisotopic (exact) mass is 430 g/mol. The van der Waals surface area contributed by atoms with Gasteiger partial charge >= 0.3 is 0 Å². The largest absolute Gasteiger partial charge is 0.496 e. The number of ether oxygens (including phenoxy) is 1. The van der Waals surface area contributed by atoms with Crippen LogP contribution >= 0.6 is 0 Å². The fraction of sp³-hybridized carbons (Fsp3) is 0.435. The maximum Gasteiger partial charge on any atom is 0.243 e. The normalized spacial score (nSPS) is 14.8. The summed E-state index contributed by atoms with van der Waals surface area (Å²) < 4.78 is 32.6. The molecule has 1 aliphatic heterocycles. The highest BCUT2D eigenvalue weighted by molar-refractivity contribution is 7.89. The van der Waals surface area contributed by atoms with E-state index in [-0.39, 0.29) is 17.2 Å². The Hall–Kier alpha value is -2.38. The fourth-order valence-electron chi connectivity index (χ4n) is 3.61. The molecule has 1 amide bonds. The molecular weight excluding hydrogens is 400 g/mol. The van der Waals surface area contributed by atoms with Gasteiger partial charge in [0, 0.05) is 25.2 Å². The van der Waals surface area contributed by atoms with Gasteiger partial charge in [-0.1, -0.05) is 26.0 Å². The molecule has 0 bridgehead atoms. The first-order valence-corrected chi connectivity index (χ1v) is 11.8. The van der Waals surface area contributed by atoms with Crippen LogP contribution in [0.5, 0.6) is 5.75 Å². The first-order chi connectivity index (χ1) is 14.3. The first-order valence-electron chi connectivity index (χ1n) is 10.4. The highest BCUT2D eigenvalue weighted by Crippen LogP contribution is 2.27. The summed E-state index contributed by atoms with van der Waals surface area (Å²) in [6.07, 6.45) is 2.40. The lowest BCUT2D eigenvalue weighted by atomic mass is 10.0. The van der Waals surface area contributed by atoms with E-state index in [1.165, 1.54) is 9.87 Å². The summed E-state index contributed by atoms with van der Waals surface area (Å²) >= 11 is 0. The zero-order chi connectivity index (χ0) is 21.7. The lowest BCUT2D eigenvalue weighted by Crippen LogP contribution is -2.28. The minimum Gasteiger partial charge on any atom is -0.496 e. The molecule has 1 heterocycles. The Kier molecular flexibility index (Phi) is 7.15. The number of rotatable bonds is 8. The molecule has 6 nitrogen and oxygen atoms in total. The van der Waals surface area contributed by atoms with Gasteiger partial charge in [0.25, 0.3) is 0 Å². The van der Waals surface area contributed by atoms with Crippen molar-refractivity contribution in [3.8, 4) is 5.75 Å². The Bertz CT molecular complexity index is 979. The molecule has 0 aliphatic carbocycles. The van der Waals surface area contributed by atoms with E-state index in [0.717, 1.165) is 18.5 Å². The van der Waals surface area contributed by atoms with Crippen LogP contribution in [0.15, 0.2) is 47.4 Å². The van der Waals surface area contributed by atoms with Gasteiger partial charge in [0.05, 0.1) is 12.0 Å². The number of methoxy groups -OCH3 is 1. The maximum absolute atomic E-state index is 12.8. The van der Waals surface area contributed by atoms with E-state index in [1.807, 2.05) is 24.3 Å². The molecule has 0 saturated carbocycles. The van der Waals surface area contributed by atoms with Gasteiger partial charge < -0.3 is 10.1 Å². The van der Waals surface area contributed by atoms with Crippen molar-refractivity contribution >= 4 is 21.6 Å². The van der Waals surface area contributed by atoms with E-state index in [2.05, 4.69) is 19.2 Å². The summed E-state index contributed by atoms with van der Waals surface area (Å²) in [4.78, 5) is 12.7. The van der Waals surface area contributed by atoms with Crippen LogP contribution in [0.2, 0.25) is 0 Å². The number of carbonyl (C=O) groups excluding carboxylic acids is 1. The molecule has 2 aromatic rings. The number of aryl methyl sites for hydroxylation is 1. The molecule has 1 N–H and O–H groups in total. The second-order valence-corrected chi connectivity index (χ2v) is 9.85. The maximum atomic E-state index is 12.8. The van der Waals surface area contributed by atoms with Crippen LogP contribution in [0.1, 0.15) is 50.2 Å². The molecule has 30 heavy (non-hydrogen) atoms. The van der Waals surface area contributed by atoms with Crippen LogP contribution in [0, 0.1) is 0 Å². The van der Waals surface area contributed by atoms with Crippen LogP contribution in [0.4, 0.5) is 5.69 Å². The van der Waals surface area contributed by atoms with Gasteiger partial charge in [0.2, 0.25) is 15.9 Å². The van der Waals surface area contributed by atoms with Crippen LogP contribution < -0.4 is 10.1 Å². The Labute approximate surface area is 179 Å². The van der Waals surface area contributed by atoms with Gasteiger partial charge in [-0.25, -0.2) is 8.42 Å². The predicted octanol–water partition coefficient (Wildman–Crippen LogP) is 4.17. The van der Waals surface area contributed by atoms with Crippen LogP contribution in [-0.2, 0) is 21.2 Å². The van der Waals surface area contributed by atoms with Gasteiger partial charge in [-0.15, -0.1) is 0 Å². The average molecular weight is 431 g/mol. The average Bonchev–Trinajstić information content (AvgIpc) is 3.28. The fourth-order valence-corrected chi connectivity index (χ4v) is 5.18. The minimum atomic E-state index is -3.51. The van der Waals surface area contributed by atoms with Gasteiger partial charge in [0.1, 0.15) is 5.75 Å². The zero-order valence-electron chi connectivity index (χ0n) is 17.8. The molecule has 0 spiro atoms. The standard InChI is InChI=1S/C23H30N2O4S/c1-17(2)18-6-9-20(10-7-18)24-23(26)13-8-19-16-21(11-12-22(19)29-3)30(27,28)25-14-4-5-15-25/h6-7,9-12,16-17H,4-5,8,13-15H2,1-3H3,(H,24,26). The number of hydrogen-bond acceptors (Lipinski definition) is 4. The highest BCUT2D eigenvalue weighted by Gasteiger charge is 2.27. The van der Waals surface area contributed by atoms with Crippen LogP contribution in [0.3, 0.4) is 0 Å². The number of sulfonamides is 1. The summed E-state index contributed by atoms with van der Waals surface area (Å²) in [5.41, 5.74) is 2.68. The summed E-state index contributed by atoms with van der Waals surface area (Å²) in [7, 11) is -1.96. The Balaban J connectivity index is 1.68. The molecule has 1 aliphatic rings. The molecule has 162 valence electrons. The van der Waals surface area contributed by atoms with E-state index in [9.17, 15) is 13.2 Å². The Morgan fingerprint density at radius 2 is 1.77 bits per heavy atom. The summed E-state index contributed by atoms with van der Waals surface area (Å²) in [6, 6.07) is 12.7. The molecule has 0 unspecified atom stereocenters. The number of amides is 1. The molecule has 7 heteroatoms.